The average molecular weight is 222 g/mol. The van der Waals surface area contributed by atoms with E-state index < -0.39 is 0 Å². The topological polar surface area (TPSA) is 27.7 Å². The first-order chi connectivity index (χ1) is 7.85. The van der Waals surface area contributed by atoms with Gasteiger partial charge in [0.1, 0.15) is 5.75 Å². The van der Waals surface area contributed by atoms with Crippen LogP contribution in [0.5, 0.6) is 5.75 Å². The molecular formula is C13H18O3. The highest BCUT2D eigenvalue weighted by molar-refractivity contribution is 5.38. The molecule has 0 bridgehead atoms. The van der Waals surface area contributed by atoms with Crippen LogP contribution in [-0.4, -0.2) is 19.8 Å². The molecule has 0 amide bonds. The van der Waals surface area contributed by atoms with Crippen molar-refractivity contribution >= 4 is 0 Å². The van der Waals surface area contributed by atoms with Gasteiger partial charge >= 0.3 is 0 Å². The van der Waals surface area contributed by atoms with Crippen molar-refractivity contribution in [3.05, 3.63) is 29.3 Å². The van der Waals surface area contributed by atoms with Crippen LogP contribution in [0.15, 0.2) is 18.2 Å². The van der Waals surface area contributed by atoms with Crippen LogP contribution in [0.2, 0.25) is 0 Å². The summed E-state index contributed by atoms with van der Waals surface area (Å²) < 4.78 is 16.6. The van der Waals surface area contributed by atoms with E-state index in [1.165, 1.54) is 5.56 Å². The summed E-state index contributed by atoms with van der Waals surface area (Å²) >= 11 is 0. The summed E-state index contributed by atoms with van der Waals surface area (Å²) in [6, 6.07) is 6.20. The predicted octanol–water partition coefficient (Wildman–Crippen LogP) is 2.69. The molecule has 1 fully saturated rings. The molecule has 16 heavy (non-hydrogen) atoms. The number of ether oxygens (including phenoxy) is 3. The zero-order valence-electron chi connectivity index (χ0n) is 9.86. The van der Waals surface area contributed by atoms with Gasteiger partial charge in [0.2, 0.25) is 0 Å². The van der Waals surface area contributed by atoms with E-state index >= 15 is 0 Å². The highest BCUT2D eigenvalue weighted by atomic mass is 16.7. The standard InChI is InChI=1S/C13H18O3/c1-3-10-5-6-12(14-4-2)11(9-10)13-15-7-8-16-13/h5-6,9,13H,3-4,7-8H2,1-2H3. The molecule has 2 rings (SSSR count). The van der Waals surface area contributed by atoms with Gasteiger partial charge in [-0.2, -0.15) is 0 Å². The molecule has 88 valence electrons. The van der Waals surface area contributed by atoms with E-state index in [9.17, 15) is 0 Å². The molecule has 1 aliphatic rings. The third kappa shape index (κ3) is 2.36. The Morgan fingerprint density at radius 2 is 2.00 bits per heavy atom. The molecule has 1 aromatic carbocycles. The van der Waals surface area contributed by atoms with Gasteiger partial charge in [-0.3, -0.25) is 0 Å². The third-order valence-corrected chi connectivity index (χ3v) is 2.66. The molecule has 0 spiro atoms. The van der Waals surface area contributed by atoms with Crippen LogP contribution in [0.1, 0.15) is 31.3 Å². The number of benzene rings is 1. The summed E-state index contributed by atoms with van der Waals surface area (Å²) in [5.41, 5.74) is 2.29. The van der Waals surface area contributed by atoms with Crippen LogP contribution >= 0.6 is 0 Å². The van der Waals surface area contributed by atoms with E-state index in [0.29, 0.717) is 19.8 Å². The molecule has 0 unspecified atom stereocenters. The Hall–Kier alpha value is -1.06. The summed E-state index contributed by atoms with van der Waals surface area (Å²) in [6.07, 6.45) is 0.750. The molecule has 0 atom stereocenters. The van der Waals surface area contributed by atoms with Crippen LogP contribution < -0.4 is 4.74 Å². The van der Waals surface area contributed by atoms with E-state index in [-0.39, 0.29) is 6.29 Å². The second kappa shape index (κ2) is 5.32. The molecule has 0 saturated carbocycles. The Morgan fingerprint density at radius 1 is 1.25 bits per heavy atom. The van der Waals surface area contributed by atoms with Crippen LogP contribution in [0.25, 0.3) is 0 Å². The van der Waals surface area contributed by atoms with E-state index in [4.69, 9.17) is 14.2 Å². The first kappa shape index (κ1) is 11.4. The Kier molecular flexibility index (Phi) is 3.80. The summed E-state index contributed by atoms with van der Waals surface area (Å²) in [5.74, 6) is 0.867. The molecule has 1 saturated heterocycles. The van der Waals surface area contributed by atoms with Gasteiger partial charge in [0.15, 0.2) is 6.29 Å². The van der Waals surface area contributed by atoms with Crippen LogP contribution in [-0.2, 0) is 15.9 Å². The SMILES string of the molecule is CCOc1ccc(CC)cc1C1OCCO1. The molecular weight excluding hydrogens is 204 g/mol. The van der Waals surface area contributed by atoms with Gasteiger partial charge in [0.05, 0.1) is 19.8 Å². The largest absolute Gasteiger partial charge is 0.493 e. The molecule has 0 N–H and O–H groups in total. The predicted molar refractivity (Wildman–Crippen MR) is 61.6 cm³/mol. The number of hydrogen-bond donors (Lipinski definition) is 0. The quantitative estimate of drug-likeness (QED) is 0.784. The van der Waals surface area contributed by atoms with Crippen molar-refractivity contribution in [3.63, 3.8) is 0 Å². The summed E-state index contributed by atoms with van der Waals surface area (Å²) in [5, 5.41) is 0. The zero-order valence-corrected chi connectivity index (χ0v) is 9.86. The maximum atomic E-state index is 5.59. The summed E-state index contributed by atoms with van der Waals surface area (Å²) in [7, 11) is 0. The van der Waals surface area contributed by atoms with Gasteiger partial charge in [-0.05, 0) is 31.0 Å². The van der Waals surface area contributed by atoms with Gasteiger partial charge in [0, 0.05) is 5.56 Å². The highest BCUT2D eigenvalue weighted by Gasteiger charge is 2.22. The lowest BCUT2D eigenvalue weighted by Gasteiger charge is -2.15. The van der Waals surface area contributed by atoms with Crippen LogP contribution in [0.4, 0.5) is 0 Å². The first-order valence-corrected chi connectivity index (χ1v) is 5.84. The van der Waals surface area contributed by atoms with Crippen molar-refractivity contribution < 1.29 is 14.2 Å². The normalized spacial score (nSPS) is 16.6. The molecule has 0 aliphatic carbocycles. The fourth-order valence-electron chi connectivity index (χ4n) is 1.83. The molecule has 3 heteroatoms. The monoisotopic (exact) mass is 222 g/mol. The molecule has 0 aromatic heterocycles. The fraction of sp³-hybridized carbons (Fsp3) is 0.538. The van der Waals surface area contributed by atoms with Crippen molar-refractivity contribution in [1.82, 2.24) is 0 Å². The second-order valence-corrected chi connectivity index (χ2v) is 3.73. The number of rotatable bonds is 4. The maximum absolute atomic E-state index is 5.59. The minimum atomic E-state index is -0.256. The summed E-state index contributed by atoms with van der Waals surface area (Å²) in [4.78, 5) is 0. The second-order valence-electron chi connectivity index (χ2n) is 3.73. The van der Waals surface area contributed by atoms with E-state index in [2.05, 4.69) is 19.1 Å². The lowest BCUT2D eigenvalue weighted by molar-refractivity contribution is -0.0457. The van der Waals surface area contributed by atoms with Crippen molar-refractivity contribution in [3.8, 4) is 5.75 Å². The van der Waals surface area contributed by atoms with Crippen LogP contribution in [0.3, 0.4) is 0 Å². The van der Waals surface area contributed by atoms with Gasteiger partial charge in [-0.1, -0.05) is 13.0 Å². The smallest absolute Gasteiger partial charge is 0.187 e. The van der Waals surface area contributed by atoms with Gasteiger partial charge < -0.3 is 14.2 Å². The molecule has 3 nitrogen and oxygen atoms in total. The van der Waals surface area contributed by atoms with Gasteiger partial charge in [0.25, 0.3) is 0 Å². The molecule has 1 aromatic rings. The van der Waals surface area contributed by atoms with Gasteiger partial charge in [-0.15, -0.1) is 0 Å². The highest BCUT2D eigenvalue weighted by Crippen LogP contribution is 2.32. The van der Waals surface area contributed by atoms with Crippen molar-refractivity contribution in [2.24, 2.45) is 0 Å². The molecule has 1 heterocycles. The third-order valence-electron chi connectivity index (χ3n) is 2.66. The van der Waals surface area contributed by atoms with E-state index in [1.54, 1.807) is 0 Å². The Morgan fingerprint density at radius 3 is 2.62 bits per heavy atom. The Bertz CT molecular complexity index is 343. The van der Waals surface area contributed by atoms with E-state index in [1.807, 2.05) is 13.0 Å². The van der Waals surface area contributed by atoms with Crippen LogP contribution in [0, 0.1) is 0 Å². The molecule has 1 aliphatic heterocycles. The minimum absolute atomic E-state index is 0.256. The lowest BCUT2D eigenvalue weighted by atomic mass is 10.1. The zero-order chi connectivity index (χ0) is 11.4. The van der Waals surface area contributed by atoms with Crippen molar-refractivity contribution in [2.75, 3.05) is 19.8 Å². The van der Waals surface area contributed by atoms with Gasteiger partial charge in [-0.25, -0.2) is 0 Å². The maximum Gasteiger partial charge on any atom is 0.187 e. The van der Waals surface area contributed by atoms with Crippen molar-refractivity contribution in [1.29, 1.82) is 0 Å². The number of hydrogen-bond acceptors (Lipinski definition) is 3. The average Bonchev–Trinajstić information content (AvgIpc) is 2.83. The van der Waals surface area contributed by atoms with Crippen molar-refractivity contribution in [2.45, 2.75) is 26.6 Å². The Balaban J connectivity index is 2.29. The minimum Gasteiger partial charge on any atom is -0.493 e. The fourth-order valence-corrected chi connectivity index (χ4v) is 1.83. The number of aryl methyl sites for hydroxylation is 1. The first-order valence-electron chi connectivity index (χ1n) is 5.84. The summed E-state index contributed by atoms with van der Waals surface area (Å²) in [6.45, 7) is 6.09. The van der Waals surface area contributed by atoms with E-state index in [0.717, 1.165) is 17.7 Å². The molecule has 0 radical (unpaired) electrons. The lowest BCUT2D eigenvalue weighted by Crippen LogP contribution is -2.04. The Labute approximate surface area is 96.3 Å².